The SMILES string of the molecule is Cc1ccc(-c2[nH]nc(N)c2-c2cccc(Cl)c2)c(Cl)c1. The first-order valence-corrected chi connectivity index (χ1v) is 7.18. The molecule has 3 rings (SSSR count). The van der Waals surface area contributed by atoms with Crippen LogP contribution in [0.15, 0.2) is 42.5 Å². The third kappa shape index (κ3) is 2.62. The van der Waals surface area contributed by atoms with Crippen molar-refractivity contribution in [2.24, 2.45) is 0 Å². The summed E-state index contributed by atoms with van der Waals surface area (Å²) in [7, 11) is 0. The van der Waals surface area contributed by atoms with Gasteiger partial charge in [-0.2, -0.15) is 5.10 Å². The highest BCUT2D eigenvalue weighted by Gasteiger charge is 2.17. The topological polar surface area (TPSA) is 54.7 Å². The van der Waals surface area contributed by atoms with Gasteiger partial charge in [-0.05, 0) is 36.2 Å². The zero-order valence-electron chi connectivity index (χ0n) is 11.3. The van der Waals surface area contributed by atoms with Gasteiger partial charge in [0, 0.05) is 10.6 Å². The monoisotopic (exact) mass is 317 g/mol. The van der Waals surface area contributed by atoms with Gasteiger partial charge in [0.2, 0.25) is 0 Å². The molecule has 0 atom stereocenters. The van der Waals surface area contributed by atoms with E-state index in [0.29, 0.717) is 15.9 Å². The Balaban J connectivity index is 2.22. The van der Waals surface area contributed by atoms with Gasteiger partial charge in [0.15, 0.2) is 5.82 Å². The van der Waals surface area contributed by atoms with E-state index in [4.69, 9.17) is 28.9 Å². The largest absolute Gasteiger partial charge is 0.382 e. The summed E-state index contributed by atoms with van der Waals surface area (Å²) in [5.74, 6) is 0.420. The molecule has 21 heavy (non-hydrogen) atoms. The highest BCUT2D eigenvalue weighted by molar-refractivity contribution is 6.33. The Labute approximate surface area is 132 Å². The van der Waals surface area contributed by atoms with Gasteiger partial charge in [-0.1, -0.05) is 47.5 Å². The lowest BCUT2D eigenvalue weighted by Crippen LogP contribution is -1.89. The van der Waals surface area contributed by atoms with Crippen molar-refractivity contribution in [2.75, 3.05) is 5.73 Å². The number of benzene rings is 2. The summed E-state index contributed by atoms with van der Waals surface area (Å²) < 4.78 is 0. The van der Waals surface area contributed by atoms with E-state index < -0.39 is 0 Å². The third-order valence-corrected chi connectivity index (χ3v) is 3.85. The molecule has 0 saturated carbocycles. The van der Waals surface area contributed by atoms with E-state index in [0.717, 1.165) is 27.9 Å². The zero-order chi connectivity index (χ0) is 15.0. The summed E-state index contributed by atoms with van der Waals surface area (Å²) in [6, 6.07) is 13.4. The van der Waals surface area contributed by atoms with Crippen LogP contribution in [0, 0.1) is 6.92 Å². The molecule has 1 heterocycles. The van der Waals surface area contributed by atoms with Crippen molar-refractivity contribution in [2.45, 2.75) is 6.92 Å². The minimum absolute atomic E-state index is 0.420. The molecular weight excluding hydrogens is 305 g/mol. The number of hydrogen-bond donors (Lipinski definition) is 2. The minimum Gasteiger partial charge on any atom is -0.382 e. The number of H-pyrrole nitrogens is 1. The first-order chi connectivity index (χ1) is 10.1. The molecule has 0 radical (unpaired) electrons. The van der Waals surface area contributed by atoms with E-state index in [1.165, 1.54) is 0 Å². The molecule has 0 aliphatic heterocycles. The highest BCUT2D eigenvalue weighted by atomic mass is 35.5. The van der Waals surface area contributed by atoms with Crippen LogP contribution >= 0.6 is 23.2 Å². The van der Waals surface area contributed by atoms with Crippen LogP contribution in [-0.2, 0) is 0 Å². The minimum atomic E-state index is 0.420. The van der Waals surface area contributed by atoms with Crippen molar-refractivity contribution >= 4 is 29.0 Å². The second-order valence-electron chi connectivity index (χ2n) is 4.85. The fourth-order valence-electron chi connectivity index (χ4n) is 2.31. The number of hydrogen-bond acceptors (Lipinski definition) is 2. The summed E-state index contributed by atoms with van der Waals surface area (Å²) in [4.78, 5) is 0. The maximum absolute atomic E-state index is 6.35. The number of nitrogens with one attached hydrogen (secondary N) is 1. The summed E-state index contributed by atoms with van der Waals surface area (Å²) in [6.07, 6.45) is 0. The maximum atomic E-state index is 6.35. The smallest absolute Gasteiger partial charge is 0.153 e. The number of aromatic nitrogens is 2. The molecule has 3 N–H and O–H groups in total. The average molecular weight is 318 g/mol. The van der Waals surface area contributed by atoms with Crippen molar-refractivity contribution in [3.05, 3.63) is 58.1 Å². The number of anilines is 1. The molecule has 0 aliphatic rings. The van der Waals surface area contributed by atoms with Crippen LogP contribution in [0.5, 0.6) is 0 Å². The molecule has 1 aromatic heterocycles. The molecule has 5 heteroatoms. The Morgan fingerprint density at radius 1 is 1.10 bits per heavy atom. The summed E-state index contributed by atoms with van der Waals surface area (Å²) in [5, 5.41) is 8.38. The quantitative estimate of drug-likeness (QED) is 0.703. The molecule has 0 saturated heterocycles. The van der Waals surface area contributed by atoms with Gasteiger partial charge in [0.25, 0.3) is 0 Å². The predicted molar refractivity (Wildman–Crippen MR) is 88.6 cm³/mol. The van der Waals surface area contributed by atoms with Crippen LogP contribution in [0.3, 0.4) is 0 Å². The molecule has 0 aliphatic carbocycles. The highest BCUT2D eigenvalue weighted by Crippen LogP contribution is 2.38. The molecule has 0 amide bonds. The molecule has 3 aromatic rings. The van der Waals surface area contributed by atoms with Gasteiger partial charge in [-0.25, -0.2) is 0 Å². The molecule has 0 bridgehead atoms. The van der Waals surface area contributed by atoms with Crippen LogP contribution in [0.25, 0.3) is 22.4 Å². The van der Waals surface area contributed by atoms with Crippen LogP contribution in [-0.4, -0.2) is 10.2 Å². The van der Waals surface area contributed by atoms with Gasteiger partial charge < -0.3 is 5.73 Å². The number of aromatic amines is 1. The number of nitrogens with two attached hydrogens (primary N) is 1. The molecule has 106 valence electrons. The van der Waals surface area contributed by atoms with Crippen LogP contribution in [0.4, 0.5) is 5.82 Å². The molecule has 0 unspecified atom stereocenters. The van der Waals surface area contributed by atoms with Crippen LogP contribution in [0.1, 0.15) is 5.56 Å². The standard InChI is InChI=1S/C16H13Cl2N3/c1-9-5-6-12(13(18)7-9)15-14(16(19)21-20-15)10-3-2-4-11(17)8-10/h2-8H,1H3,(H3,19,20,21). The summed E-state index contributed by atoms with van der Waals surface area (Å²) in [6.45, 7) is 1.99. The Morgan fingerprint density at radius 2 is 1.90 bits per heavy atom. The summed E-state index contributed by atoms with van der Waals surface area (Å²) >= 11 is 12.4. The first-order valence-electron chi connectivity index (χ1n) is 6.42. The number of nitrogen functional groups attached to an aromatic ring is 1. The zero-order valence-corrected chi connectivity index (χ0v) is 12.8. The lowest BCUT2D eigenvalue weighted by Gasteiger charge is -2.07. The Kier molecular flexibility index (Phi) is 3.62. The van der Waals surface area contributed by atoms with E-state index in [2.05, 4.69) is 10.2 Å². The lowest BCUT2D eigenvalue weighted by molar-refractivity contribution is 1.10. The van der Waals surface area contributed by atoms with E-state index in [9.17, 15) is 0 Å². The number of halogens is 2. The van der Waals surface area contributed by atoms with Gasteiger partial charge in [-0.15, -0.1) is 0 Å². The van der Waals surface area contributed by atoms with Gasteiger partial charge >= 0.3 is 0 Å². The van der Waals surface area contributed by atoms with E-state index in [1.807, 2.05) is 49.4 Å². The fraction of sp³-hybridized carbons (Fsp3) is 0.0625. The molecule has 0 fully saturated rings. The van der Waals surface area contributed by atoms with Crippen molar-refractivity contribution < 1.29 is 0 Å². The Hall–Kier alpha value is -1.97. The maximum Gasteiger partial charge on any atom is 0.153 e. The Bertz CT molecular complexity index is 809. The van der Waals surface area contributed by atoms with Crippen molar-refractivity contribution in [3.8, 4) is 22.4 Å². The summed E-state index contributed by atoms with van der Waals surface area (Å²) in [5.41, 5.74) is 10.5. The van der Waals surface area contributed by atoms with E-state index in [-0.39, 0.29) is 0 Å². The van der Waals surface area contributed by atoms with Gasteiger partial charge in [0.05, 0.1) is 16.3 Å². The molecular formula is C16H13Cl2N3. The number of aryl methyl sites for hydroxylation is 1. The van der Waals surface area contributed by atoms with Crippen molar-refractivity contribution in [1.82, 2.24) is 10.2 Å². The van der Waals surface area contributed by atoms with Crippen molar-refractivity contribution in [1.29, 1.82) is 0 Å². The van der Waals surface area contributed by atoms with Gasteiger partial charge in [-0.3, -0.25) is 5.10 Å². The first kappa shape index (κ1) is 14.0. The van der Waals surface area contributed by atoms with E-state index in [1.54, 1.807) is 0 Å². The van der Waals surface area contributed by atoms with Crippen LogP contribution in [0.2, 0.25) is 10.0 Å². The second kappa shape index (κ2) is 5.43. The second-order valence-corrected chi connectivity index (χ2v) is 5.70. The molecule has 0 spiro atoms. The average Bonchev–Trinajstić information content (AvgIpc) is 2.80. The van der Waals surface area contributed by atoms with Gasteiger partial charge in [0.1, 0.15) is 0 Å². The lowest BCUT2D eigenvalue weighted by atomic mass is 10.00. The van der Waals surface area contributed by atoms with Crippen LogP contribution < -0.4 is 5.73 Å². The molecule has 3 nitrogen and oxygen atoms in total. The predicted octanol–water partition coefficient (Wildman–Crippen LogP) is 4.94. The fourth-order valence-corrected chi connectivity index (χ4v) is 2.83. The number of rotatable bonds is 2. The Morgan fingerprint density at radius 3 is 2.62 bits per heavy atom. The van der Waals surface area contributed by atoms with Crippen molar-refractivity contribution in [3.63, 3.8) is 0 Å². The third-order valence-electron chi connectivity index (χ3n) is 3.30. The molecule has 2 aromatic carbocycles. The number of nitrogens with zero attached hydrogens (tertiary/aromatic N) is 1. The normalized spacial score (nSPS) is 10.8. The van der Waals surface area contributed by atoms with E-state index >= 15 is 0 Å².